The van der Waals surface area contributed by atoms with Gasteiger partial charge >= 0.3 is 7.60 Å². The Hall–Kier alpha value is -2.54. The summed E-state index contributed by atoms with van der Waals surface area (Å²) in [6.07, 6.45) is 0. The van der Waals surface area contributed by atoms with Gasteiger partial charge in [0.25, 0.3) is 5.91 Å². The third-order valence-corrected chi connectivity index (χ3v) is 4.22. The minimum absolute atomic E-state index is 0.0484. The molecule has 25 heavy (non-hydrogen) atoms. The maximum absolute atomic E-state index is 12.1. The van der Waals surface area contributed by atoms with E-state index < -0.39 is 20.1 Å². The van der Waals surface area contributed by atoms with E-state index in [1.54, 1.807) is 24.3 Å². The van der Waals surface area contributed by atoms with E-state index >= 15 is 0 Å². The Balaban J connectivity index is 2.06. The highest BCUT2D eigenvalue weighted by Gasteiger charge is 2.22. The van der Waals surface area contributed by atoms with Gasteiger partial charge in [0.2, 0.25) is 0 Å². The molecule has 0 aliphatic carbocycles. The normalized spacial score (nSPS) is 10.9. The van der Waals surface area contributed by atoms with Crippen LogP contribution in [0.3, 0.4) is 0 Å². The molecule has 2 aromatic rings. The van der Waals surface area contributed by atoms with Crippen molar-refractivity contribution in [3.8, 4) is 17.2 Å². The second kappa shape index (κ2) is 8.02. The minimum Gasteiger partial charge on any atom is -0.497 e. The lowest BCUT2D eigenvalue weighted by Gasteiger charge is -2.14. The van der Waals surface area contributed by atoms with Crippen molar-refractivity contribution >= 4 is 24.5 Å². The molecule has 0 spiro atoms. The number of hydrogen-bond donors (Lipinski definition) is 3. The largest absolute Gasteiger partial charge is 0.497 e. The molecule has 2 aromatic carbocycles. The number of ether oxygens (including phenoxy) is 3. The van der Waals surface area contributed by atoms with Crippen molar-refractivity contribution in [2.45, 2.75) is 0 Å². The van der Waals surface area contributed by atoms with Crippen molar-refractivity contribution in [2.75, 3.05) is 26.1 Å². The van der Waals surface area contributed by atoms with E-state index in [4.69, 9.17) is 14.2 Å². The first kappa shape index (κ1) is 18.8. The van der Waals surface area contributed by atoms with Crippen LogP contribution >= 0.6 is 7.60 Å². The van der Waals surface area contributed by atoms with Gasteiger partial charge in [-0.3, -0.25) is 9.36 Å². The summed E-state index contributed by atoms with van der Waals surface area (Å²) in [6.45, 7) is -0.424. The van der Waals surface area contributed by atoms with Crippen molar-refractivity contribution < 1.29 is 33.4 Å². The lowest BCUT2D eigenvalue weighted by Crippen LogP contribution is -2.22. The quantitative estimate of drug-likeness (QED) is 0.636. The number of methoxy groups -OCH3 is 2. The number of nitrogens with one attached hydrogen (secondary N) is 1. The number of carbonyl (C=O) groups excluding carboxylic acids is 1. The van der Waals surface area contributed by atoms with Gasteiger partial charge in [-0.15, -0.1) is 0 Å². The second-order valence-corrected chi connectivity index (χ2v) is 6.48. The third-order valence-electron chi connectivity index (χ3n) is 3.22. The van der Waals surface area contributed by atoms with Crippen molar-refractivity contribution in [1.29, 1.82) is 0 Å². The van der Waals surface area contributed by atoms with Gasteiger partial charge in [0.05, 0.1) is 19.9 Å². The monoisotopic (exact) mass is 367 g/mol. The topological polar surface area (TPSA) is 114 Å². The standard InChI is InChI=1S/C16H18NO7P/c1-22-11-7-8-12(14(9-11)23-2)17-16(18)10-24-13-5-3-4-6-15(13)25(19,20)21/h3-9H,10H2,1-2H3,(H,17,18)(H2,19,20,21). The Morgan fingerprint density at radius 1 is 1.08 bits per heavy atom. The van der Waals surface area contributed by atoms with Crippen LogP contribution in [0.5, 0.6) is 17.2 Å². The number of hydrogen-bond acceptors (Lipinski definition) is 5. The molecule has 0 saturated carbocycles. The summed E-state index contributed by atoms with van der Waals surface area (Å²) in [5.74, 6) is 0.418. The van der Waals surface area contributed by atoms with Crippen LogP contribution in [0.2, 0.25) is 0 Å². The molecule has 0 fully saturated rings. The van der Waals surface area contributed by atoms with E-state index in [2.05, 4.69) is 5.32 Å². The van der Waals surface area contributed by atoms with E-state index in [9.17, 15) is 19.1 Å². The zero-order chi connectivity index (χ0) is 18.4. The predicted octanol–water partition coefficient (Wildman–Crippen LogP) is 1.52. The molecule has 0 radical (unpaired) electrons. The third kappa shape index (κ3) is 4.96. The molecule has 3 N–H and O–H groups in total. The Labute approximate surface area is 144 Å². The highest BCUT2D eigenvalue weighted by Crippen LogP contribution is 2.37. The fraction of sp³-hybridized carbons (Fsp3) is 0.188. The molecule has 134 valence electrons. The van der Waals surface area contributed by atoms with Gasteiger partial charge in [0.1, 0.15) is 22.6 Å². The molecule has 2 rings (SSSR count). The van der Waals surface area contributed by atoms with Crippen LogP contribution < -0.4 is 24.8 Å². The van der Waals surface area contributed by atoms with Gasteiger partial charge in [0.15, 0.2) is 6.61 Å². The van der Waals surface area contributed by atoms with Gasteiger partial charge in [-0.1, -0.05) is 12.1 Å². The van der Waals surface area contributed by atoms with E-state index in [1.807, 2.05) is 0 Å². The Morgan fingerprint density at radius 2 is 1.80 bits per heavy atom. The molecule has 0 aromatic heterocycles. The average molecular weight is 367 g/mol. The predicted molar refractivity (Wildman–Crippen MR) is 91.8 cm³/mol. The van der Waals surface area contributed by atoms with Crippen LogP contribution in [-0.4, -0.2) is 36.5 Å². The molecule has 0 aliphatic heterocycles. The van der Waals surface area contributed by atoms with Gasteiger partial charge in [-0.2, -0.15) is 0 Å². The Morgan fingerprint density at radius 3 is 2.44 bits per heavy atom. The van der Waals surface area contributed by atoms with Gasteiger partial charge in [-0.25, -0.2) is 0 Å². The molecule has 8 nitrogen and oxygen atoms in total. The zero-order valence-electron chi connectivity index (χ0n) is 13.6. The molecule has 0 aliphatic rings. The molecule has 0 heterocycles. The number of carbonyl (C=O) groups is 1. The van der Waals surface area contributed by atoms with Gasteiger partial charge in [-0.05, 0) is 24.3 Å². The maximum Gasteiger partial charge on any atom is 0.359 e. The number of rotatable bonds is 7. The molecule has 0 atom stereocenters. The molecular formula is C16H18NO7P. The van der Waals surface area contributed by atoms with Crippen LogP contribution in [0.25, 0.3) is 0 Å². The summed E-state index contributed by atoms with van der Waals surface area (Å²) in [4.78, 5) is 30.6. The minimum atomic E-state index is -4.49. The summed E-state index contributed by atoms with van der Waals surface area (Å²) in [7, 11) is -1.53. The van der Waals surface area contributed by atoms with Crippen LogP contribution in [0, 0.1) is 0 Å². The smallest absolute Gasteiger partial charge is 0.359 e. The summed E-state index contributed by atoms with van der Waals surface area (Å²) in [5.41, 5.74) is 0.417. The summed E-state index contributed by atoms with van der Waals surface area (Å²) in [6, 6.07) is 10.5. The first-order valence-electron chi connectivity index (χ1n) is 7.15. The average Bonchev–Trinajstić information content (AvgIpc) is 2.59. The SMILES string of the molecule is COc1ccc(NC(=O)COc2ccccc2P(=O)(O)O)c(OC)c1. The zero-order valence-corrected chi connectivity index (χ0v) is 14.5. The fourth-order valence-electron chi connectivity index (χ4n) is 2.05. The lowest BCUT2D eigenvalue weighted by molar-refractivity contribution is -0.118. The highest BCUT2D eigenvalue weighted by atomic mass is 31.2. The Kier molecular flexibility index (Phi) is 6.03. The number of anilines is 1. The second-order valence-electron chi connectivity index (χ2n) is 4.91. The maximum atomic E-state index is 12.1. The number of amides is 1. The van der Waals surface area contributed by atoms with Crippen LogP contribution in [0.15, 0.2) is 42.5 Å². The van der Waals surface area contributed by atoms with E-state index in [-0.39, 0.29) is 11.1 Å². The fourth-order valence-corrected chi connectivity index (χ4v) is 2.76. The summed E-state index contributed by atoms with van der Waals surface area (Å²) >= 11 is 0. The summed E-state index contributed by atoms with van der Waals surface area (Å²) < 4.78 is 26.9. The van der Waals surface area contributed by atoms with Crippen molar-refractivity contribution in [2.24, 2.45) is 0 Å². The first-order chi connectivity index (χ1) is 11.8. The molecule has 0 bridgehead atoms. The summed E-state index contributed by atoms with van der Waals surface area (Å²) in [5, 5.41) is 2.33. The molecule has 0 unspecified atom stereocenters. The van der Waals surface area contributed by atoms with Crippen LogP contribution in [0.1, 0.15) is 0 Å². The van der Waals surface area contributed by atoms with Crippen molar-refractivity contribution in [1.82, 2.24) is 0 Å². The van der Waals surface area contributed by atoms with Crippen molar-refractivity contribution in [3.63, 3.8) is 0 Å². The highest BCUT2D eigenvalue weighted by molar-refractivity contribution is 7.60. The van der Waals surface area contributed by atoms with Gasteiger partial charge in [0, 0.05) is 6.07 Å². The van der Waals surface area contributed by atoms with Gasteiger partial charge < -0.3 is 29.3 Å². The van der Waals surface area contributed by atoms with E-state index in [1.165, 1.54) is 32.4 Å². The van der Waals surface area contributed by atoms with Crippen LogP contribution in [0.4, 0.5) is 5.69 Å². The number of para-hydroxylation sites is 1. The number of benzene rings is 2. The first-order valence-corrected chi connectivity index (χ1v) is 8.76. The lowest BCUT2D eigenvalue weighted by atomic mass is 10.2. The molecule has 9 heteroatoms. The molecular weight excluding hydrogens is 349 g/mol. The van der Waals surface area contributed by atoms with E-state index in [0.29, 0.717) is 17.2 Å². The van der Waals surface area contributed by atoms with Crippen molar-refractivity contribution in [3.05, 3.63) is 42.5 Å². The molecule has 0 saturated heterocycles. The molecule has 1 amide bonds. The van der Waals surface area contributed by atoms with Crippen LogP contribution in [-0.2, 0) is 9.36 Å². The van der Waals surface area contributed by atoms with E-state index in [0.717, 1.165) is 0 Å². The Bertz CT molecular complexity index is 803.